The number of hydrogen-bond donors (Lipinski definition) is 2. The number of benzene rings is 2. The Morgan fingerprint density at radius 3 is 2.79 bits per heavy atom. The van der Waals surface area contributed by atoms with Crippen LogP contribution in [0.5, 0.6) is 5.75 Å². The molecule has 9 heteroatoms. The fourth-order valence-electron chi connectivity index (χ4n) is 2.22. The minimum atomic E-state index is -0.683. The quantitative estimate of drug-likeness (QED) is 0.275. The molecular formula is C15H10FIN4O3. The number of phenols is 1. The SMILES string of the molecule is O=[N+]([O-])c1cc2c(Nc3ccc(F)c(CI)c3)ncnc2cc1O. The number of alkyl halides is 1. The third-order valence-electron chi connectivity index (χ3n) is 3.38. The number of rotatable bonds is 4. The number of nitrogens with zero attached hydrogens (tertiary/aromatic N) is 3. The molecule has 3 rings (SSSR count). The summed E-state index contributed by atoms with van der Waals surface area (Å²) in [6.07, 6.45) is 1.28. The Hall–Kier alpha value is -2.56. The molecule has 0 aliphatic rings. The Labute approximate surface area is 148 Å². The van der Waals surface area contributed by atoms with Crippen molar-refractivity contribution in [2.45, 2.75) is 4.43 Å². The lowest BCUT2D eigenvalue weighted by atomic mass is 10.1. The molecule has 7 nitrogen and oxygen atoms in total. The second-order valence-corrected chi connectivity index (χ2v) is 5.67. The van der Waals surface area contributed by atoms with E-state index >= 15 is 0 Å². The first kappa shape index (κ1) is 16.3. The largest absolute Gasteiger partial charge is 0.502 e. The third-order valence-corrected chi connectivity index (χ3v) is 4.20. The number of phenolic OH excluding ortho intramolecular Hbond substituents is 1. The fraction of sp³-hybridized carbons (Fsp3) is 0.0667. The van der Waals surface area contributed by atoms with E-state index in [4.69, 9.17) is 0 Å². The van der Waals surface area contributed by atoms with Crippen LogP contribution in [0.25, 0.3) is 10.9 Å². The van der Waals surface area contributed by atoms with Gasteiger partial charge in [0.05, 0.1) is 15.8 Å². The number of nitrogens with one attached hydrogen (secondary N) is 1. The number of nitro benzene ring substituents is 1. The highest BCUT2D eigenvalue weighted by atomic mass is 127. The molecule has 0 bridgehead atoms. The van der Waals surface area contributed by atoms with E-state index in [1.54, 1.807) is 12.1 Å². The highest BCUT2D eigenvalue weighted by Crippen LogP contribution is 2.33. The summed E-state index contributed by atoms with van der Waals surface area (Å²) in [7, 11) is 0. The number of hydrogen-bond acceptors (Lipinski definition) is 6. The van der Waals surface area contributed by atoms with E-state index in [1.807, 2.05) is 0 Å². The average molecular weight is 440 g/mol. The molecule has 1 heterocycles. The zero-order chi connectivity index (χ0) is 17.3. The van der Waals surface area contributed by atoms with Crippen LogP contribution in [0.4, 0.5) is 21.6 Å². The normalized spacial score (nSPS) is 10.8. The van der Waals surface area contributed by atoms with Gasteiger partial charge in [0, 0.05) is 22.2 Å². The molecule has 0 radical (unpaired) electrons. The van der Waals surface area contributed by atoms with E-state index in [2.05, 4.69) is 37.9 Å². The highest BCUT2D eigenvalue weighted by Gasteiger charge is 2.17. The number of aromatic nitrogens is 2. The van der Waals surface area contributed by atoms with Gasteiger partial charge in [0.1, 0.15) is 18.0 Å². The van der Waals surface area contributed by atoms with Crippen LogP contribution in [0.1, 0.15) is 5.56 Å². The van der Waals surface area contributed by atoms with Gasteiger partial charge in [0.25, 0.3) is 0 Å². The minimum absolute atomic E-state index is 0.303. The first-order valence-corrected chi connectivity index (χ1v) is 8.25. The van der Waals surface area contributed by atoms with E-state index in [-0.39, 0.29) is 5.82 Å². The van der Waals surface area contributed by atoms with Crippen molar-refractivity contribution in [2.24, 2.45) is 0 Å². The maximum atomic E-state index is 13.6. The van der Waals surface area contributed by atoms with Gasteiger partial charge >= 0.3 is 5.69 Å². The summed E-state index contributed by atoms with van der Waals surface area (Å²) in [6.45, 7) is 0. The minimum Gasteiger partial charge on any atom is -0.502 e. The lowest BCUT2D eigenvalue weighted by Crippen LogP contribution is -1.98. The Morgan fingerprint density at radius 1 is 1.29 bits per heavy atom. The van der Waals surface area contributed by atoms with Gasteiger partial charge in [-0.3, -0.25) is 10.1 Å². The molecular weight excluding hydrogens is 430 g/mol. The maximum absolute atomic E-state index is 13.6. The molecule has 24 heavy (non-hydrogen) atoms. The summed E-state index contributed by atoms with van der Waals surface area (Å²) >= 11 is 2.06. The standard InChI is InChI=1S/C15H10FIN4O3/c16-11-2-1-9(3-8(11)6-17)20-15-10-4-13(21(23)24)14(22)5-12(10)18-7-19-15/h1-5,7,22H,6H2,(H,18,19,20). The number of halogens is 2. The van der Waals surface area contributed by atoms with E-state index in [0.717, 1.165) is 0 Å². The summed E-state index contributed by atoms with van der Waals surface area (Å²) in [5.74, 6) is -0.441. The monoisotopic (exact) mass is 440 g/mol. The van der Waals surface area contributed by atoms with Gasteiger partial charge in [-0.15, -0.1) is 0 Å². The molecule has 0 aliphatic carbocycles. The molecule has 0 spiro atoms. The predicted molar refractivity (Wildman–Crippen MR) is 95.3 cm³/mol. The van der Waals surface area contributed by atoms with Crippen molar-refractivity contribution in [3.8, 4) is 5.75 Å². The van der Waals surface area contributed by atoms with Crippen molar-refractivity contribution in [1.82, 2.24) is 9.97 Å². The Kier molecular flexibility index (Phi) is 4.42. The molecule has 1 aromatic heterocycles. The van der Waals surface area contributed by atoms with Crippen molar-refractivity contribution in [1.29, 1.82) is 0 Å². The van der Waals surface area contributed by atoms with E-state index in [0.29, 0.717) is 32.4 Å². The Bertz CT molecular complexity index is 951. The number of anilines is 2. The fourth-order valence-corrected chi connectivity index (χ4v) is 2.80. The molecule has 3 aromatic rings. The van der Waals surface area contributed by atoms with Gasteiger partial charge in [-0.05, 0) is 23.8 Å². The van der Waals surface area contributed by atoms with Crippen LogP contribution in [0.2, 0.25) is 0 Å². The molecule has 0 aliphatic heterocycles. The Balaban J connectivity index is 2.09. The van der Waals surface area contributed by atoms with Crippen LogP contribution >= 0.6 is 22.6 Å². The van der Waals surface area contributed by atoms with Crippen LogP contribution in [0, 0.1) is 15.9 Å². The van der Waals surface area contributed by atoms with Crippen molar-refractivity contribution < 1.29 is 14.4 Å². The molecule has 0 saturated heterocycles. The van der Waals surface area contributed by atoms with Crippen LogP contribution in [-0.4, -0.2) is 20.0 Å². The van der Waals surface area contributed by atoms with Gasteiger partial charge < -0.3 is 10.4 Å². The van der Waals surface area contributed by atoms with Crippen molar-refractivity contribution in [3.63, 3.8) is 0 Å². The molecule has 2 N–H and O–H groups in total. The van der Waals surface area contributed by atoms with Crippen molar-refractivity contribution >= 4 is 50.7 Å². The van der Waals surface area contributed by atoms with Crippen molar-refractivity contribution in [3.05, 3.63) is 58.2 Å². The predicted octanol–water partition coefficient (Wildman–Crippen LogP) is 4.06. The zero-order valence-corrected chi connectivity index (χ0v) is 14.2. The summed E-state index contributed by atoms with van der Waals surface area (Å²) in [6, 6.07) is 6.95. The van der Waals surface area contributed by atoms with Gasteiger partial charge in [0.2, 0.25) is 0 Å². The number of nitro groups is 1. The van der Waals surface area contributed by atoms with Crippen LogP contribution in [0.3, 0.4) is 0 Å². The Morgan fingerprint density at radius 2 is 2.08 bits per heavy atom. The van der Waals surface area contributed by atoms with E-state index in [9.17, 15) is 19.6 Å². The van der Waals surface area contributed by atoms with Crippen LogP contribution in [0.15, 0.2) is 36.7 Å². The summed E-state index contributed by atoms with van der Waals surface area (Å²) < 4.78 is 14.1. The lowest BCUT2D eigenvalue weighted by molar-refractivity contribution is -0.385. The van der Waals surface area contributed by atoms with Gasteiger partial charge in [0.15, 0.2) is 5.75 Å². The second-order valence-electron chi connectivity index (χ2n) is 4.90. The lowest BCUT2D eigenvalue weighted by Gasteiger charge is -2.10. The molecule has 0 unspecified atom stereocenters. The summed E-state index contributed by atoms with van der Waals surface area (Å²) in [4.78, 5) is 18.4. The molecule has 0 amide bonds. The molecule has 122 valence electrons. The molecule has 0 atom stereocenters. The number of fused-ring (bicyclic) bond motifs is 1. The third kappa shape index (κ3) is 3.07. The summed E-state index contributed by atoms with van der Waals surface area (Å²) in [5, 5.41) is 24.1. The van der Waals surface area contributed by atoms with Crippen LogP contribution in [-0.2, 0) is 4.43 Å². The van der Waals surface area contributed by atoms with Gasteiger partial charge in [-0.1, -0.05) is 22.6 Å². The van der Waals surface area contributed by atoms with Crippen molar-refractivity contribution in [2.75, 3.05) is 5.32 Å². The zero-order valence-electron chi connectivity index (χ0n) is 12.0. The van der Waals surface area contributed by atoms with Gasteiger partial charge in [-0.2, -0.15) is 0 Å². The smallest absolute Gasteiger partial charge is 0.311 e. The number of aromatic hydroxyl groups is 1. The van der Waals surface area contributed by atoms with Crippen LogP contribution < -0.4 is 5.32 Å². The van der Waals surface area contributed by atoms with E-state index in [1.165, 1.54) is 24.5 Å². The molecule has 0 saturated carbocycles. The second kappa shape index (κ2) is 6.51. The average Bonchev–Trinajstić information content (AvgIpc) is 2.56. The first-order chi connectivity index (χ1) is 11.5. The maximum Gasteiger partial charge on any atom is 0.311 e. The topological polar surface area (TPSA) is 101 Å². The highest BCUT2D eigenvalue weighted by molar-refractivity contribution is 14.1. The van der Waals surface area contributed by atoms with Gasteiger partial charge in [-0.25, -0.2) is 14.4 Å². The molecule has 2 aromatic carbocycles. The molecule has 0 fully saturated rings. The van der Waals surface area contributed by atoms with E-state index < -0.39 is 16.4 Å². The summed E-state index contributed by atoms with van der Waals surface area (Å²) in [5.41, 5.74) is 1.04. The first-order valence-electron chi connectivity index (χ1n) is 6.73.